The first kappa shape index (κ1) is 42.0. The fourth-order valence-corrected chi connectivity index (χ4v) is 8.19. The zero-order chi connectivity index (χ0) is 43.9. The van der Waals surface area contributed by atoms with E-state index >= 15 is 8.78 Å². The molecule has 0 spiro atoms. The molecule has 8 rings (SSSR count). The van der Waals surface area contributed by atoms with Crippen molar-refractivity contribution in [1.29, 1.82) is 0 Å². The van der Waals surface area contributed by atoms with Crippen LogP contribution in [0, 0.1) is 11.6 Å². The van der Waals surface area contributed by atoms with Crippen molar-refractivity contribution in [2.75, 3.05) is 42.2 Å². The molecule has 3 atom stereocenters. The smallest absolute Gasteiger partial charge is 0.265 e. The number of imide groups is 2. The fraction of sp³-hybridized carbons (Fsp3) is 0.366. The number of nitrogens with zero attached hydrogens (tertiary/aromatic N) is 7. The molecule has 5 aromatic rings. The van der Waals surface area contributed by atoms with Crippen LogP contribution in [0.1, 0.15) is 64.8 Å². The lowest BCUT2D eigenvalue weighted by molar-refractivity contribution is -0.136. The van der Waals surface area contributed by atoms with Gasteiger partial charge in [0.1, 0.15) is 29.8 Å². The molecule has 0 aliphatic carbocycles. The van der Waals surface area contributed by atoms with Crippen molar-refractivity contribution < 1.29 is 46.6 Å². The molecule has 324 valence electrons. The Morgan fingerprint density at radius 3 is 2.63 bits per heavy atom. The summed E-state index contributed by atoms with van der Waals surface area (Å²) in [6.07, 6.45) is 0.491. The highest BCUT2D eigenvalue weighted by Gasteiger charge is 2.46. The van der Waals surface area contributed by atoms with Crippen molar-refractivity contribution in [3.8, 4) is 17.0 Å². The summed E-state index contributed by atoms with van der Waals surface area (Å²) in [6.45, 7) is 0.676. The highest BCUT2D eigenvalue weighted by molar-refractivity contribution is 6.25. The molecule has 0 radical (unpaired) electrons. The predicted molar refractivity (Wildman–Crippen MR) is 215 cm³/mol. The number of pyridine rings is 1. The van der Waals surface area contributed by atoms with Gasteiger partial charge in [-0.05, 0) is 61.9 Å². The van der Waals surface area contributed by atoms with Gasteiger partial charge in [-0.15, -0.1) is 0 Å². The summed E-state index contributed by atoms with van der Waals surface area (Å²) in [5.74, 6) is -4.30. The summed E-state index contributed by atoms with van der Waals surface area (Å²) >= 11 is 0. The normalized spacial score (nSPS) is 19.6. The number of aromatic nitrogens is 5. The summed E-state index contributed by atoms with van der Waals surface area (Å²) < 4.78 is 65.9. The van der Waals surface area contributed by atoms with Gasteiger partial charge in [0.25, 0.3) is 18.2 Å². The van der Waals surface area contributed by atoms with Gasteiger partial charge in [0.2, 0.25) is 11.8 Å². The van der Waals surface area contributed by atoms with E-state index in [4.69, 9.17) is 16.2 Å². The number of carbonyl (C=O) groups is 4. The number of ether oxygens (including phenoxy) is 1. The second-order valence-electron chi connectivity index (χ2n) is 15.5. The molecule has 3 aliphatic rings. The Kier molecular flexibility index (Phi) is 11.5. The van der Waals surface area contributed by atoms with Crippen LogP contribution in [0.15, 0.2) is 55.2 Å². The van der Waals surface area contributed by atoms with Gasteiger partial charge in [0.05, 0.1) is 53.7 Å². The minimum atomic E-state index is -3.06. The third kappa shape index (κ3) is 7.95. The van der Waals surface area contributed by atoms with Crippen molar-refractivity contribution >= 4 is 52.0 Å². The number of halogens is 4. The minimum Gasteiger partial charge on any atom is -0.490 e. The number of carbonyl (C=O) groups excluding carboxylic acids is 4. The predicted octanol–water partition coefficient (Wildman–Crippen LogP) is 3.39. The average Bonchev–Trinajstić information content (AvgIpc) is 3.77. The first-order valence-corrected chi connectivity index (χ1v) is 19.8. The third-order valence-electron chi connectivity index (χ3n) is 11.4. The number of piperidine rings is 2. The molecule has 0 saturated carbocycles. The lowest BCUT2D eigenvalue weighted by Gasteiger charge is -2.44. The van der Waals surface area contributed by atoms with Crippen molar-refractivity contribution in [1.82, 2.24) is 34.7 Å². The summed E-state index contributed by atoms with van der Waals surface area (Å²) in [7, 11) is 0. The molecule has 6 heterocycles. The second kappa shape index (κ2) is 17.0. The SMILES string of the molecule is Nc1ncnc2c1ncn2Cc1cc(-c2cc(F)c(OCCCCNc3cccc4c3C(=O)N(C3CCC(=O)NC3=O)C4=O)cc2F)ncc1N1CCC[C@](N)([C@H](O)C(F)F)C1. The molecule has 21 heteroatoms. The van der Waals surface area contributed by atoms with Crippen LogP contribution in [0.3, 0.4) is 0 Å². The number of benzene rings is 2. The maximum Gasteiger partial charge on any atom is 0.265 e. The number of nitrogen functional groups attached to an aromatic ring is 1. The highest BCUT2D eigenvalue weighted by atomic mass is 19.3. The summed E-state index contributed by atoms with van der Waals surface area (Å²) in [5.41, 5.74) is 13.0. The number of aliphatic hydroxyl groups is 1. The lowest BCUT2D eigenvalue weighted by Crippen LogP contribution is -2.63. The van der Waals surface area contributed by atoms with Crippen molar-refractivity contribution in [2.24, 2.45) is 5.73 Å². The molecule has 3 aromatic heterocycles. The molecule has 2 aromatic carbocycles. The maximum atomic E-state index is 15.8. The minimum absolute atomic E-state index is 0.00180. The van der Waals surface area contributed by atoms with E-state index in [0.717, 1.165) is 17.0 Å². The molecule has 2 fully saturated rings. The number of nitrogens with two attached hydrogens (primary N) is 2. The number of amides is 4. The molecule has 2 saturated heterocycles. The number of unbranched alkanes of at least 4 members (excludes halogenated alkanes) is 1. The Morgan fingerprint density at radius 1 is 1.02 bits per heavy atom. The number of fused-ring (bicyclic) bond motifs is 2. The van der Waals surface area contributed by atoms with Crippen LogP contribution < -0.4 is 31.7 Å². The van der Waals surface area contributed by atoms with E-state index in [2.05, 4.69) is 30.6 Å². The molecular formula is C41H41F4N11O6. The number of rotatable bonds is 14. The molecule has 62 heavy (non-hydrogen) atoms. The van der Waals surface area contributed by atoms with Crippen LogP contribution in [0.5, 0.6) is 5.75 Å². The number of alkyl halides is 2. The number of hydrogen-bond acceptors (Lipinski definition) is 14. The number of hydrogen-bond donors (Lipinski definition) is 5. The third-order valence-corrected chi connectivity index (χ3v) is 11.4. The van der Waals surface area contributed by atoms with Gasteiger partial charge < -0.3 is 36.1 Å². The van der Waals surface area contributed by atoms with Crippen LogP contribution >= 0.6 is 0 Å². The van der Waals surface area contributed by atoms with E-state index in [0.29, 0.717) is 60.5 Å². The molecular weight excluding hydrogens is 819 g/mol. The van der Waals surface area contributed by atoms with Crippen LogP contribution in [-0.4, -0.2) is 108 Å². The first-order valence-electron chi connectivity index (χ1n) is 19.8. The van der Waals surface area contributed by atoms with E-state index in [1.54, 1.807) is 27.7 Å². The van der Waals surface area contributed by atoms with Gasteiger partial charge in [-0.25, -0.2) is 32.5 Å². The molecule has 1 unspecified atom stereocenters. The Hall–Kier alpha value is -6.74. The Labute approximate surface area is 350 Å². The topological polar surface area (TPSA) is 237 Å². The van der Waals surface area contributed by atoms with E-state index in [1.165, 1.54) is 24.9 Å². The highest BCUT2D eigenvalue weighted by Crippen LogP contribution is 2.36. The van der Waals surface area contributed by atoms with Gasteiger partial charge in [-0.2, -0.15) is 0 Å². The Balaban J connectivity index is 0.942. The monoisotopic (exact) mass is 859 g/mol. The largest absolute Gasteiger partial charge is 0.490 e. The van der Waals surface area contributed by atoms with E-state index in [-0.39, 0.29) is 72.9 Å². The Morgan fingerprint density at radius 2 is 1.84 bits per heavy atom. The van der Waals surface area contributed by atoms with Crippen molar-refractivity contribution in [2.45, 2.75) is 69.2 Å². The zero-order valence-electron chi connectivity index (χ0n) is 33.0. The van der Waals surface area contributed by atoms with Crippen molar-refractivity contribution in [3.05, 3.63) is 83.6 Å². The zero-order valence-corrected chi connectivity index (χ0v) is 33.0. The molecule has 3 aliphatic heterocycles. The molecule has 17 nitrogen and oxygen atoms in total. The van der Waals surface area contributed by atoms with E-state index < -0.39 is 59.4 Å². The summed E-state index contributed by atoms with van der Waals surface area (Å²) in [4.78, 5) is 70.2. The van der Waals surface area contributed by atoms with Crippen LogP contribution in [0.2, 0.25) is 0 Å². The van der Waals surface area contributed by atoms with Gasteiger partial charge in [-0.1, -0.05) is 6.07 Å². The lowest BCUT2D eigenvalue weighted by atomic mass is 9.84. The maximum absolute atomic E-state index is 15.8. The quantitative estimate of drug-likeness (QED) is 0.0612. The van der Waals surface area contributed by atoms with Gasteiger partial charge >= 0.3 is 0 Å². The van der Waals surface area contributed by atoms with E-state index in [9.17, 15) is 33.1 Å². The van der Waals surface area contributed by atoms with Crippen LogP contribution in [0.25, 0.3) is 22.4 Å². The van der Waals surface area contributed by atoms with Gasteiger partial charge in [-0.3, -0.25) is 34.4 Å². The van der Waals surface area contributed by atoms with E-state index in [1.807, 2.05) is 0 Å². The standard InChI is InChI=1S/C41H41F4N11O6/c42-24-15-30(62-12-2-1-10-48-26-6-3-5-22-32(26)40(61)56(39(22)60)28-7-8-31(57)53-38(28)59)25(43)14-23(24)27-13-21(17-55-20-52-33-36(46)50-19-51-37(33)55)29(16-49-27)54-11-4-9-41(47,18-54)34(58)35(44)45/h3,5-6,13-16,19-20,28,34-35,48,58H,1-2,4,7-12,17-18,47H2,(H2,46,50,51)(H,53,57,59)/t28?,34-,41-/m1/s1. The molecule has 4 amide bonds. The summed E-state index contributed by atoms with van der Waals surface area (Å²) in [6, 6.07) is 7.07. The van der Waals surface area contributed by atoms with Crippen molar-refractivity contribution in [3.63, 3.8) is 0 Å². The number of aliphatic hydroxyl groups excluding tert-OH is 1. The molecule has 7 N–H and O–H groups in total. The van der Waals surface area contributed by atoms with Gasteiger partial charge in [0.15, 0.2) is 23.0 Å². The number of anilines is 3. The first-order chi connectivity index (χ1) is 29.7. The molecule has 0 bridgehead atoms. The second-order valence-corrected chi connectivity index (χ2v) is 15.5. The average molecular weight is 860 g/mol. The number of nitrogens with one attached hydrogen (secondary N) is 2. The van der Waals surface area contributed by atoms with Crippen LogP contribution in [0.4, 0.5) is 34.8 Å². The van der Waals surface area contributed by atoms with Crippen LogP contribution in [-0.2, 0) is 16.1 Å². The summed E-state index contributed by atoms with van der Waals surface area (Å²) in [5, 5.41) is 15.6. The van der Waals surface area contributed by atoms with Gasteiger partial charge in [0, 0.05) is 43.4 Å². The number of imidazole rings is 1. The fourth-order valence-electron chi connectivity index (χ4n) is 8.19. The Bertz CT molecular complexity index is 2590.